The normalized spacial score (nSPS) is 17.3. The van der Waals surface area contributed by atoms with Crippen molar-refractivity contribution < 1.29 is 36.5 Å². The Morgan fingerprint density at radius 2 is 1.57 bits per heavy atom. The molecule has 1 aromatic rings. The Morgan fingerprint density at radius 1 is 1.05 bits per heavy atom. The fraction of sp³-hybridized carbons (Fsp3) is 0.500. The van der Waals surface area contributed by atoms with Crippen LogP contribution in [0, 0.1) is 0 Å². The smallest absolute Gasteiger partial charge is 0.456 e. The third-order valence-corrected chi connectivity index (χ3v) is 3.57. The number of aliphatic hydroxyl groups excluding tert-OH is 1. The van der Waals surface area contributed by atoms with E-state index in [2.05, 4.69) is 15.9 Å². The van der Waals surface area contributed by atoms with Gasteiger partial charge in [-0.05, 0) is 12.1 Å². The number of ether oxygens (including phenoxy) is 2. The molecule has 0 saturated heterocycles. The molecule has 1 N–H and O–H groups in total. The molecule has 21 heavy (non-hydrogen) atoms. The number of hydrogen-bond donors (Lipinski definition) is 1. The van der Waals surface area contributed by atoms with E-state index in [1.807, 2.05) is 0 Å². The molecular weight excluding hydrogens is 367 g/mol. The number of fused-ring (bicyclic) bond motifs is 1. The van der Waals surface area contributed by atoms with Crippen LogP contribution < -0.4 is 9.47 Å². The lowest BCUT2D eigenvalue weighted by molar-refractivity contribution is -0.315. The number of hydrogen-bond acceptors (Lipinski definition) is 3. The van der Waals surface area contributed by atoms with Gasteiger partial charge >= 0.3 is 12.1 Å². The molecule has 1 heterocycles. The van der Waals surface area contributed by atoms with E-state index in [1.54, 1.807) is 0 Å². The van der Waals surface area contributed by atoms with E-state index in [4.69, 9.17) is 9.47 Å². The zero-order valence-electron chi connectivity index (χ0n) is 10.4. The van der Waals surface area contributed by atoms with Crippen LogP contribution in [-0.2, 0) is 0 Å². The third kappa shape index (κ3) is 3.08. The van der Waals surface area contributed by atoms with Crippen LogP contribution in [0.3, 0.4) is 0 Å². The molecule has 1 aliphatic heterocycles. The largest absolute Gasteiger partial charge is 0.490 e. The van der Waals surface area contributed by atoms with Gasteiger partial charge in [0.05, 0.1) is 13.2 Å². The van der Waals surface area contributed by atoms with E-state index in [-0.39, 0.29) is 22.6 Å². The molecular formula is C12H10BrF5O3. The summed E-state index contributed by atoms with van der Waals surface area (Å²) in [5, 5.41) is 9.44. The van der Waals surface area contributed by atoms with Crippen LogP contribution in [0.25, 0.3) is 0 Å². The number of halogens is 6. The van der Waals surface area contributed by atoms with E-state index in [0.29, 0.717) is 13.0 Å². The second-order valence-corrected chi connectivity index (χ2v) is 5.25. The monoisotopic (exact) mass is 376 g/mol. The lowest BCUT2D eigenvalue weighted by Crippen LogP contribution is -2.42. The Balaban J connectivity index is 2.42. The van der Waals surface area contributed by atoms with Crippen molar-refractivity contribution in [2.24, 2.45) is 0 Å². The molecule has 0 amide bonds. The van der Waals surface area contributed by atoms with E-state index >= 15 is 0 Å². The summed E-state index contributed by atoms with van der Waals surface area (Å²) in [6, 6.07) is 2.13. The minimum absolute atomic E-state index is 0.0164. The molecule has 0 saturated carbocycles. The van der Waals surface area contributed by atoms with Crippen LogP contribution in [0.5, 0.6) is 11.5 Å². The van der Waals surface area contributed by atoms with Crippen molar-refractivity contribution in [2.45, 2.75) is 24.6 Å². The second kappa shape index (κ2) is 5.60. The van der Waals surface area contributed by atoms with E-state index in [1.165, 1.54) is 6.07 Å². The molecule has 0 bridgehead atoms. The number of benzene rings is 1. The minimum atomic E-state index is -5.87. The summed E-state index contributed by atoms with van der Waals surface area (Å²) in [7, 11) is 0. The highest BCUT2D eigenvalue weighted by molar-refractivity contribution is 9.10. The minimum Gasteiger partial charge on any atom is -0.490 e. The van der Waals surface area contributed by atoms with Gasteiger partial charge < -0.3 is 14.6 Å². The highest BCUT2D eigenvalue weighted by Gasteiger charge is 2.63. The maximum absolute atomic E-state index is 13.2. The predicted molar refractivity (Wildman–Crippen MR) is 65.7 cm³/mol. The van der Waals surface area contributed by atoms with Gasteiger partial charge in [-0.15, -0.1) is 0 Å². The van der Waals surface area contributed by atoms with Gasteiger partial charge in [-0.2, -0.15) is 22.0 Å². The third-order valence-electron chi connectivity index (χ3n) is 2.88. The Bertz CT molecular complexity index is 532. The maximum atomic E-state index is 13.2. The summed E-state index contributed by atoms with van der Waals surface area (Å²) in [4.78, 5) is 0. The lowest BCUT2D eigenvalue weighted by atomic mass is 10.0. The molecule has 3 nitrogen and oxygen atoms in total. The molecule has 0 aliphatic carbocycles. The highest BCUT2D eigenvalue weighted by atomic mass is 79.9. The summed E-state index contributed by atoms with van der Waals surface area (Å²) in [5.41, 5.74) is -0.624. The van der Waals surface area contributed by atoms with Crippen molar-refractivity contribution in [1.82, 2.24) is 0 Å². The quantitative estimate of drug-likeness (QED) is 0.797. The zero-order valence-corrected chi connectivity index (χ0v) is 12.0. The van der Waals surface area contributed by atoms with Crippen molar-refractivity contribution in [3.63, 3.8) is 0 Å². The first-order valence-corrected chi connectivity index (χ1v) is 6.65. The fourth-order valence-corrected chi connectivity index (χ4v) is 2.30. The van der Waals surface area contributed by atoms with Gasteiger partial charge in [0.25, 0.3) is 0 Å². The van der Waals surface area contributed by atoms with Gasteiger partial charge in [0, 0.05) is 16.5 Å². The van der Waals surface area contributed by atoms with Crippen molar-refractivity contribution in [3.8, 4) is 11.5 Å². The average Bonchev–Trinajstić information content (AvgIpc) is 2.60. The second-order valence-electron chi connectivity index (χ2n) is 4.39. The van der Waals surface area contributed by atoms with Crippen LogP contribution in [0.2, 0.25) is 0 Å². The summed E-state index contributed by atoms with van der Waals surface area (Å²) in [5.74, 6) is -5.05. The highest BCUT2D eigenvalue weighted by Crippen LogP contribution is 2.47. The Hall–Kier alpha value is -1.09. The summed E-state index contributed by atoms with van der Waals surface area (Å²) >= 11 is 2.86. The molecule has 2 rings (SSSR count). The topological polar surface area (TPSA) is 38.7 Å². The van der Waals surface area contributed by atoms with Crippen molar-refractivity contribution >= 4 is 15.9 Å². The van der Waals surface area contributed by atoms with Crippen molar-refractivity contribution in [1.29, 1.82) is 0 Å². The lowest BCUT2D eigenvalue weighted by Gasteiger charge is -2.26. The van der Waals surface area contributed by atoms with Crippen LogP contribution in [-0.4, -0.2) is 30.4 Å². The van der Waals surface area contributed by atoms with Gasteiger partial charge in [-0.25, -0.2) is 0 Å². The number of rotatable bonds is 2. The van der Waals surface area contributed by atoms with E-state index < -0.39 is 23.8 Å². The first-order chi connectivity index (χ1) is 9.64. The molecule has 9 heteroatoms. The molecule has 0 fully saturated rings. The van der Waals surface area contributed by atoms with Crippen LogP contribution >= 0.6 is 15.9 Å². The molecule has 0 radical (unpaired) electrons. The maximum Gasteiger partial charge on any atom is 0.456 e. The van der Waals surface area contributed by atoms with Crippen molar-refractivity contribution in [3.05, 3.63) is 22.2 Å². The summed E-state index contributed by atoms with van der Waals surface area (Å²) < 4.78 is 73.8. The molecule has 1 atom stereocenters. The van der Waals surface area contributed by atoms with E-state index in [0.717, 1.165) is 6.07 Å². The van der Waals surface area contributed by atoms with E-state index in [9.17, 15) is 27.1 Å². The number of alkyl halides is 5. The van der Waals surface area contributed by atoms with Gasteiger partial charge in [0.1, 0.15) is 0 Å². The molecule has 0 spiro atoms. The van der Waals surface area contributed by atoms with Crippen LogP contribution in [0.1, 0.15) is 18.1 Å². The van der Waals surface area contributed by atoms with Gasteiger partial charge in [-0.1, -0.05) is 15.9 Å². The van der Waals surface area contributed by atoms with Crippen LogP contribution in [0.4, 0.5) is 22.0 Å². The van der Waals surface area contributed by atoms with Gasteiger partial charge in [-0.3, -0.25) is 0 Å². The molecule has 1 aromatic carbocycles. The molecule has 0 aromatic heterocycles. The molecule has 118 valence electrons. The SMILES string of the molecule is OC(c1cc2c(cc1Br)OCCCO2)C(F)(F)C(F)(F)F. The standard InChI is InChI=1S/C12H10BrF5O3/c13-7-5-9-8(20-2-1-3-21-9)4-6(7)10(19)11(14,15)12(16,17)18/h4-5,10,19H,1-3H2. The summed E-state index contributed by atoms with van der Waals surface area (Å²) in [6.45, 7) is 0.569. The molecule has 1 unspecified atom stereocenters. The van der Waals surface area contributed by atoms with Gasteiger partial charge in [0.15, 0.2) is 17.6 Å². The van der Waals surface area contributed by atoms with Crippen molar-refractivity contribution in [2.75, 3.05) is 13.2 Å². The Labute approximate surface area is 124 Å². The zero-order chi connectivity index (χ0) is 15.8. The summed E-state index contributed by atoms with van der Waals surface area (Å²) in [6.07, 6.45) is -8.37. The fourth-order valence-electron chi connectivity index (χ4n) is 1.76. The molecule has 1 aliphatic rings. The predicted octanol–water partition coefficient (Wildman–Crippen LogP) is 3.84. The van der Waals surface area contributed by atoms with Crippen LogP contribution in [0.15, 0.2) is 16.6 Å². The Morgan fingerprint density at radius 3 is 2.10 bits per heavy atom. The first-order valence-electron chi connectivity index (χ1n) is 5.86. The first kappa shape index (κ1) is 16.3. The average molecular weight is 377 g/mol. The number of aliphatic hydroxyl groups is 1. The van der Waals surface area contributed by atoms with Gasteiger partial charge in [0.2, 0.25) is 0 Å². The Kier molecular flexibility index (Phi) is 4.34.